The first-order valence-corrected chi connectivity index (χ1v) is 7.96. The lowest BCUT2D eigenvalue weighted by atomic mass is 10.1. The minimum absolute atomic E-state index is 0.0625. The molecule has 0 aliphatic carbocycles. The van der Waals surface area contributed by atoms with Crippen LogP contribution in [0.25, 0.3) is 0 Å². The molecular formula is C18H17N5O3. The van der Waals surface area contributed by atoms with Gasteiger partial charge in [-0.2, -0.15) is 5.10 Å². The van der Waals surface area contributed by atoms with Gasteiger partial charge in [-0.3, -0.25) is 14.9 Å². The fraction of sp³-hybridized carbons (Fsp3) is 0.167. The molecule has 1 aromatic heterocycles. The molecule has 0 fully saturated rings. The third-order valence-electron chi connectivity index (χ3n) is 3.92. The number of hydrogen-bond donors (Lipinski definition) is 1. The number of aromatic nitrogens is 3. The van der Waals surface area contributed by atoms with Gasteiger partial charge < -0.3 is 5.32 Å². The third-order valence-corrected chi connectivity index (χ3v) is 3.92. The van der Waals surface area contributed by atoms with Gasteiger partial charge in [0, 0.05) is 23.7 Å². The van der Waals surface area contributed by atoms with Gasteiger partial charge in [0.2, 0.25) is 0 Å². The van der Waals surface area contributed by atoms with E-state index in [1.165, 1.54) is 12.4 Å². The van der Waals surface area contributed by atoms with Gasteiger partial charge in [-0.25, -0.2) is 9.67 Å². The molecule has 3 aromatic rings. The largest absolute Gasteiger partial charge is 0.348 e. The molecule has 0 radical (unpaired) electrons. The second-order valence-corrected chi connectivity index (χ2v) is 5.85. The quantitative estimate of drug-likeness (QED) is 0.543. The average molecular weight is 351 g/mol. The Bertz CT molecular complexity index is 938. The third kappa shape index (κ3) is 4.10. The van der Waals surface area contributed by atoms with Gasteiger partial charge in [-0.1, -0.05) is 30.3 Å². The molecule has 0 spiro atoms. The first-order valence-electron chi connectivity index (χ1n) is 7.96. The molecule has 132 valence electrons. The van der Waals surface area contributed by atoms with E-state index < -0.39 is 4.92 Å². The molecule has 8 heteroatoms. The number of carbonyl (C=O) groups excluding carboxylic acids is 1. The highest BCUT2D eigenvalue weighted by Crippen LogP contribution is 2.19. The fourth-order valence-electron chi connectivity index (χ4n) is 2.57. The number of carbonyl (C=O) groups is 1. The van der Waals surface area contributed by atoms with Crippen LogP contribution in [0.1, 0.15) is 27.0 Å². The Kier molecular flexibility index (Phi) is 5.02. The molecule has 0 unspecified atom stereocenters. The number of aryl methyl sites for hydroxylation is 1. The first kappa shape index (κ1) is 17.3. The van der Waals surface area contributed by atoms with Gasteiger partial charge in [0.05, 0.1) is 11.5 Å². The number of nitro benzene ring substituents is 1. The molecule has 26 heavy (non-hydrogen) atoms. The molecule has 0 saturated heterocycles. The van der Waals surface area contributed by atoms with Gasteiger partial charge in [-0.05, 0) is 24.1 Å². The molecule has 0 atom stereocenters. The maximum Gasteiger partial charge on any atom is 0.273 e. The Morgan fingerprint density at radius 2 is 2.04 bits per heavy atom. The molecular weight excluding hydrogens is 334 g/mol. The van der Waals surface area contributed by atoms with Crippen LogP contribution in [0.5, 0.6) is 0 Å². The predicted octanol–water partition coefficient (Wildman–Crippen LogP) is 2.47. The van der Waals surface area contributed by atoms with Crippen LogP contribution in [0.2, 0.25) is 0 Å². The molecule has 0 aliphatic rings. The highest BCUT2D eigenvalue weighted by molar-refractivity contribution is 5.94. The number of rotatable bonds is 6. The zero-order valence-corrected chi connectivity index (χ0v) is 14.1. The number of hydrogen-bond acceptors (Lipinski definition) is 5. The minimum atomic E-state index is -0.486. The topological polar surface area (TPSA) is 103 Å². The maximum absolute atomic E-state index is 12.3. The zero-order valence-electron chi connectivity index (χ0n) is 14.1. The Labute approximate surface area is 149 Å². The second kappa shape index (κ2) is 7.56. The monoisotopic (exact) mass is 351 g/mol. The Morgan fingerprint density at radius 3 is 2.77 bits per heavy atom. The van der Waals surface area contributed by atoms with Crippen LogP contribution in [0.15, 0.2) is 55.1 Å². The van der Waals surface area contributed by atoms with Crippen molar-refractivity contribution >= 4 is 11.6 Å². The summed E-state index contributed by atoms with van der Waals surface area (Å²) in [5.74, 6) is -0.352. The van der Waals surface area contributed by atoms with Gasteiger partial charge in [0.1, 0.15) is 12.7 Å². The SMILES string of the molecule is Cc1ccc(C(=O)NCc2cccc(Cn3cncn3)c2)cc1[N+](=O)[O-]. The second-order valence-electron chi connectivity index (χ2n) is 5.85. The normalized spacial score (nSPS) is 10.5. The predicted molar refractivity (Wildman–Crippen MR) is 94.6 cm³/mol. The smallest absolute Gasteiger partial charge is 0.273 e. The maximum atomic E-state index is 12.3. The molecule has 3 rings (SSSR count). The van der Waals surface area contributed by atoms with E-state index in [4.69, 9.17) is 0 Å². The lowest BCUT2D eigenvalue weighted by Crippen LogP contribution is -2.23. The van der Waals surface area contributed by atoms with E-state index in [2.05, 4.69) is 15.4 Å². The van der Waals surface area contributed by atoms with Gasteiger partial charge in [0.15, 0.2) is 0 Å². The van der Waals surface area contributed by atoms with Crippen molar-refractivity contribution in [3.05, 3.63) is 87.5 Å². The first-order chi connectivity index (χ1) is 12.5. The van der Waals surface area contributed by atoms with Crippen molar-refractivity contribution in [2.24, 2.45) is 0 Å². The molecule has 0 bridgehead atoms. The number of benzene rings is 2. The van der Waals surface area contributed by atoms with E-state index in [1.54, 1.807) is 30.1 Å². The molecule has 0 saturated carbocycles. The summed E-state index contributed by atoms with van der Waals surface area (Å²) in [6.45, 7) is 2.55. The summed E-state index contributed by atoms with van der Waals surface area (Å²) >= 11 is 0. The molecule has 0 aliphatic heterocycles. The van der Waals surface area contributed by atoms with Crippen molar-refractivity contribution in [2.75, 3.05) is 0 Å². The van der Waals surface area contributed by atoms with E-state index in [-0.39, 0.29) is 17.2 Å². The minimum Gasteiger partial charge on any atom is -0.348 e. The van der Waals surface area contributed by atoms with Crippen LogP contribution in [0.3, 0.4) is 0 Å². The van der Waals surface area contributed by atoms with Crippen LogP contribution in [-0.2, 0) is 13.1 Å². The highest BCUT2D eigenvalue weighted by Gasteiger charge is 2.14. The number of nitro groups is 1. The van der Waals surface area contributed by atoms with E-state index in [1.807, 2.05) is 24.3 Å². The molecule has 8 nitrogen and oxygen atoms in total. The summed E-state index contributed by atoms with van der Waals surface area (Å²) in [6, 6.07) is 12.2. The van der Waals surface area contributed by atoms with E-state index in [9.17, 15) is 14.9 Å². The van der Waals surface area contributed by atoms with Crippen molar-refractivity contribution < 1.29 is 9.72 Å². The van der Waals surface area contributed by atoms with Crippen LogP contribution in [0.4, 0.5) is 5.69 Å². The van der Waals surface area contributed by atoms with Crippen LogP contribution in [-0.4, -0.2) is 25.6 Å². The Morgan fingerprint density at radius 1 is 1.23 bits per heavy atom. The van der Waals surface area contributed by atoms with Crippen molar-refractivity contribution in [3.8, 4) is 0 Å². The van der Waals surface area contributed by atoms with Crippen molar-refractivity contribution in [1.29, 1.82) is 0 Å². The lowest BCUT2D eigenvalue weighted by molar-refractivity contribution is -0.385. The Balaban J connectivity index is 1.66. The van der Waals surface area contributed by atoms with Crippen molar-refractivity contribution in [2.45, 2.75) is 20.0 Å². The summed E-state index contributed by atoms with van der Waals surface area (Å²) in [5.41, 5.74) is 2.69. The van der Waals surface area contributed by atoms with Crippen LogP contribution in [0, 0.1) is 17.0 Å². The van der Waals surface area contributed by atoms with Crippen molar-refractivity contribution in [3.63, 3.8) is 0 Å². The summed E-state index contributed by atoms with van der Waals surface area (Å²) < 4.78 is 1.71. The van der Waals surface area contributed by atoms with Crippen LogP contribution >= 0.6 is 0 Å². The van der Waals surface area contributed by atoms with Gasteiger partial charge >= 0.3 is 0 Å². The van der Waals surface area contributed by atoms with E-state index in [0.717, 1.165) is 11.1 Å². The molecule has 1 heterocycles. The molecule has 2 aromatic carbocycles. The highest BCUT2D eigenvalue weighted by atomic mass is 16.6. The molecule has 1 N–H and O–H groups in total. The summed E-state index contributed by atoms with van der Waals surface area (Å²) in [4.78, 5) is 26.7. The number of nitrogens with one attached hydrogen (secondary N) is 1. The fourth-order valence-corrected chi connectivity index (χ4v) is 2.57. The zero-order chi connectivity index (χ0) is 18.5. The average Bonchev–Trinajstić information content (AvgIpc) is 3.13. The summed E-state index contributed by atoms with van der Waals surface area (Å²) in [5, 5.41) is 17.9. The summed E-state index contributed by atoms with van der Waals surface area (Å²) in [7, 11) is 0. The van der Waals surface area contributed by atoms with Gasteiger partial charge in [0.25, 0.3) is 11.6 Å². The van der Waals surface area contributed by atoms with Gasteiger partial charge in [-0.15, -0.1) is 0 Å². The van der Waals surface area contributed by atoms with Crippen LogP contribution < -0.4 is 5.32 Å². The Hall–Kier alpha value is -3.55. The standard InChI is InChI=1S/C18H17N5O3/c1-13-5-6-16(8-17(13)23(25)26)18(24)20-9-14-3-2-4-15(7-14)10-22-12-19-11-21-22/h2-8,11-12H,9-10H2,1H3,(H,20,24). The van der Waals surface area contributed by atoms with E-state index in [0.29, 0.717) is 18.7 Å². The lowest BCUT2D eigenvalue weighted by Gasteiger charge is -2.08. The number of amides is 1. The van der Waals surface area contributed by atoms with Crippen molar-refractivity contribution in [1.82, 2.24) is 20.1 Å². The number of nitrogens with zero attached hydrogens (tertiary/aromatic N) is 4. The summed E-state index contributed by atoms with van der Waals surface area (Å²) in [6.07, 6.45) is 3.11. The molecule has 1 amide bonds. The van der Waals surface area contributed by atoms with E-state index >= 15 is 0 Å².